The van der Waals surface area contributed by atoms with Gasteiger partial charge in [-0.1, -0.05) is 24.3 Å². The van der Waals surface area contributed by atoms with Gasteiger partial charge in [0.15, 0.2) is 5.13 Å². The molecule has 0 fully saturated rings. The number of ether oxygens (including phenoxy) is 1. The quantitative estimate of drug-likeness (QED) is 0.522. The lowest BCUT2D eigenvalue weighted by atomic mass is 10.1. The molecule has 0 aliphatic rings. The summed E-state index contributed by atoms with van der Waals surface area (Å²) in [4.78, 5) is 16.9. The molecule has 0 bridgehead atoms. The van der Waals surface area contributed by atoms with Crippen LogP contribution in [0.1, 0.15) is 18.9 Å². The number of rotatable bonds is 9. The van der Waals surface area contributed by atoms with E-state index in [2.05, 4.69) is 10.3 Å². The molecule has 3 aromatic rings. The van der Waals surface area contributed by atoms with Gasteiger partial charge in [0.25, 0.3) is 0 Å². The zero-order valence-electron chi connectivity index (χ0n) is 17.7. The third-order valence-corrected chi connectivity index (χ3v) is 7.14. The summed E-state index contributed by atoms with van der Waals surface area (Å²) in [7, 11) is -0.481. The molecular formula is C22H25N3O4S2. The summed E-state index contributed by atoms with van der Waals surface area (Å²) in [6.45, 7) is 2.56. The number of nitrogens with one attached hydrogen (secondary N) is 1. The third-order valence-electron chi connectivity index (χ3n) is 4.55. The summed E-state index contributed by atoms with van der Waals surface area (Å²) in [5.74, 6) is 0.709. The van der Waals surface area contributed by atoms with Crippen molar-refractivity contribution in [3.63, 3.8) is 0 Å². The monoisotopic (exact) mass is 459 g/mol. The second-order valence-electron chi connectivity index (χ2n) is 6.97. The number of anilines is 1. The van der Waals surface area contributed by atoms with Gasteiger partial charge in [0.05, 0.1) is 17.2 Å². The van der Waals surface area contributed by atoms with Gasteiger partial charge in [-0.2, -0.15) is 0 Å². The van der Waals surface area contributed by atoms with Crippen LogP contribution in [0.2, 0.25) is 0 Å². The van der Waals surface area contributed by atoms with Crippen LogP contribution in [0.25, 0.3) is 11.3 Å². The van der Waals surface area contributed by atoms with E-state index in [1.54, 1.807) is 24.3 Å². The van der Waals surface area contributed by atoms with Crippen LogP contribution in [0.5, 0.6) is 5.75 Å². The maximum absolute atomic E-state index is 12.3. The number of amides is 1. The Morgan fingerprint density at radius 2 is 1.77 bits per heavy atom. The van der Waals surface area contributed by atoms with Crippen molar-refractivity contribution in [1.29, 1.82) is 0 Å². The minimum Gasteiger partial charge on any atom is -0.494 e. The first kappa shape index (κ1) is 22.9. The number of aromatic nitrogens is 1. The van der Waals surface area contributed by atoms with Crippen LogP contribution in [0.15, 0.2) is 58.8 Å². The maximum atomic E-state index is 12.3. The van der Waals surface area contributed by atoms with Gasteiger partial charge in [-0.25, -0.2) is 17.7 Å². The Morgan fingerprint density at radius 1 is 1.10 bits per heavy atom. The first-order chi connectivity index (χ1) is 14.8. The topological polar surface area (TPSA) is 88.6 Å². The molecule has 3 rings (SSSR count). The highest BCUT2D eigenvalue weighted by molar-refractivity contribution is 7.89. The van der Waals surface area contributed by atoms with E-state index in [1.807, 2.05) is 36.6 Å². The Hall–Kier alpha value is -2.75. The molecule has 164 valence electrons. The predicted molar refractivity (Wildman–Crippen MR) is 123 cm³/mol. The zero-order valence-corrected chi connectivity index (χ0v) is 19.3. The minimum atomic E-state index is -3.47. The van der Waals surface area contributed by atoms with Gasteiger partial charge in [-0.15, -0.1) is 11.3 Å². The number of sulfonamides is 1. The van der Waals surface area contributed by atoms with Gasteiger partial charge in [0, 0.05) is 31.5 Å². The number of carbonyl (C=O) groups is 1. The van der Waals surface area contributed by atoms with E-state index in [4.69, 9.17) is 4.74 Å². The standard InChI is InChI=1S/C22H25N3O4S2/c1-4-29-18-10-5-16(6-11-18)7-14-21(26)24-22-23-20(15-30-22)17-8-12-19(13-9-17)31(27,28)25(2)3/h5-6,8-13,15H,4,7,14H2,1-3H3,(H,23,24,26). The smallest absolute Gasteiger partial charge is 0.242 e. The molecule has 0 radical (unpaired) electrons. The summed E-state index contributed by atoms with van der Waals surface area (Å²) < 4.78 is 30.9. The van der Waals surface area contributed by atoms with Crippen molar-refractivity contribution in [3.05, 3.63) is 59.5 Å². The molecule has 0 saturated carbocycles. The molecule has 0 spiro atoms. The van der Waals surface area contributed by atoms with Crippen LogP contribution < -0.4 is 10.1 Å². The number of thiazole rings is 1. The molecule has 0 aliphatic carbocycles. The number of hydrogen-bond acceptors (Lipinski definition) is 6. The molecule has 0 unspecified atom stereocenters. The molecule has 1 heterocycles. The third kappa shape index (κ3) is 5.90. The van der Waals surface area contributed by atoms with Gasteiger partial charge in [0.1, 0.15) is 5.75 Å². The largest absolute Gasteiger partial charge is 0.494 e. The summed E-state index contributed by atoms with van der Waals surface area (Å²) >= 11 is 1.33. The lowest BCUT2D eigenvalue weighted by Gasteiger charge is -2.11. The molecule has 1 amide bonds. The second-order valence-corrected chi connectivity index (χ2v) is 9.98. The molecule has 7 nitrogen and oxygen atoms in total. The molecule has 0 aliphatic heterocycles. The summed E-state index contributed by atoms with van der Waals surface area (Å²) in [6.07, 6.45) is 0.971. The molecule has 0 atom stereocenters. The first-order valence-electron chi connectivity index (χ1n) is 9.79. The van der Waals surface area contributed by atoms with Crippen LogP contribution in [-0.4, -0.2) is 44.3 Å². The molecule has 9 heteroatoms. The number of benzene rings is 2. The van der Waals surface area contributed by atoms with E-state index in [0.717, 1.165) is 16.9 Å². The van der Waals surface area contributed by atoms with Gasteiger partial charge in [-0.05, 0) is 43.2 Å². The molecule has 2 aromatic carbocycles. The van der Waals surface area contributed by atoms with Crippen molar-refractivity contribution < 1.29 is 17.9 Å². The van der Waals surface area contributed by atoms with Gasteiger partial charge >= 0.3 is 0 Å². The van der Waals surface area contributed by atoms with Crippen molar-refractivity contribution in [2.75, 3.05) is 26.0 Å². The SMILES string of the molecule is CCOc1ccc(CCC(=O)Nc2nc(-c3ccc(S(=O)(=O)N(C)C)cc3)cs2)cc1. The maximum Gasteiger partial charge on any atom is 0.242 e. The Kier molecular flexibility index (Phi) is 7.42. The highest BCUT2D eigenvalue weighted by atomic mass is 32.2. The Morgan fingerprint density at radius 3 is 2.39 bits per heavy atom. The summed E-state index contributed by atoms with van der Waals surface area (Å²) in [5.41, 5.74) is 2.52. The van der Waals surface area contributed by atoms with Crippen LogP contribution in [0.4, 0.5) is 5.13 Å². The molecule has 31 heavy (non-hydrogen) atoms. The minimum absolute atomic E-state index is 0.109. The van der Waals surface area contributed by atoms with E-state index in [1.165, 1.54) is 29.7 Å². The van der Waals surface area contributed by atoms with E-state index in [-0.39, 0.29) is 10.8 Å². The number of nitrogens with zero attached hydrogens (tertiary/aromatic N) is 2. The van der Waals surface area contributed by atoms with Gasteiger partial charge in [-0.3, -0.25) is 4.79 Å². The van der Waals surface area contributed by atoms with E-state index < -0.39 is 10.0 Å². The van der Waals surface area contributed by atoms with Crippen molar-refractivity contribution in [2.24, 2.45) is 0 Å². The average Bonchev–Trinajstić information content (AvgIpc) is 3.22. The van der Waals surface area contributed by atoms with Crippen molar-refractivity contribution >= 4 is 32.4 Å². The van der Waals surface area contributed by atoms with Crippen molar-refractivity contribution in [1.82, 2.24) is 9.29 Å². The lowest BCUT2D eigenvalue weighted by molar-refractivity contribution is -0.116. The molecular weight excluding hydrogens is 434 g/mol. The fourth-order valence-corrected chi connectivity index (χ4v) is 4.47. The Bertz CT molecular complexity index is 1120. The summed E-state index contributed by atoms with van der Waals surface area (Å²) in [6, 6.07) is 14.3. The zero-order chi connectivity index (χ0) is 22.4. The normalized spacial score (nSPS) is 11.5. The average molecular weight is 460 g/mol. The fraction of sp³-hybridized carbons (Fsp3) is 0.273. The molecule has 1 aromatic heterocycles. The van der Waals surface area contributed by atoms with E-state index >= 15 is 0 Å². The van der Waals surface area contributed by atoms with Crippen LogP contribution >= 0.6 is 11.3 Å². The van der Waals surface area contributed by atoms with Crippen LogP contribution in [0.3, 0.4) is 0 Å². The van der Waals surface area contributed by atoms with Crippen LogP contribution in [0, 0.1) is 0 Å². The van der Waals surface area contributed by atoms with Gasteiger partial charge in [0.2, 0.25) is 15.9 Å². The van der Waals surface area contributed by atoms with Gasteiger partial charge < -0.3 is 10.1 Å². The van der Waals surface area contributed by atoms with Crippen LogP contribution in [-0.2, 0) is 21.2 Å². The molecule has 0 saturated heterocycles. The first-order valence-corrected chi connectivity index (χ1v) is 12.1. The van der Waals surface area contributed by atoms with Crippen molar-refractivity contribution in [3.8, 4) is 17.0 Å². The highest BCUT2D eigenvalue weighted by Gasteiger charge is 2.17. The Balaban J connectivity index is 1.57. The number of aryl methyl sites for hydroxylation is 1. The van der Waals surface area contributed by atoms with E-state index in [0.29, 0.717) is 30.3 Å². The fourth-order valence-electron chi connectivity index (χ4n) is 2.83. The predicted octanol–water partition coefficient (Wildman–Crippen LogP) is 4.03. The Labute approximate surface area is 186 Å². The lowest BCUT2D eigenvalue weighted by Crippen LogP contribution is -2.22. The van der Waals surface area contributed by atoms with E-state index in [9.17, 15) is 13.2 Å². The second kappa shape index (κ2) is 10.0. The van der Waals surface area contributed by atoms with Crippen molar-refractivity contribution in [2.45, 2.75) is 24.7 Å². The number of carbonyl (C=O) groups excluding carboxylic acids is 1. The number of hydrogen-bond donors (Lipinski definition) is 1. The molecule has 1 N–H and O–H groups in total. The highest BCUT2D eigenvalue weighted by Crippen LogP contribution is 2.26. The summed E-state index contributed by atoms with van der Waals surface area (Å²) in [5, 5.41) is 5.17.